The minimum absolute atomic E-state index is 0.284. The normalized spacial score (nSPS) is 13.5. The Kier molecular flexibility index (Phi) is 4.93. The Morgan fingerprint density at radius 3 is 2.13 bits per heavy atom. The summed E-state index contributed by atoms with van der Waals surface area (Å²) in [5.74, 6) is -1.57. The van der Waals surface area contributed by atoms with Crippen LogP contribution in [0.1, 0.15) is 47.2 Å². The van der Waals surface area contributed by atoms with Crippen LogP contribution in [-0.4, -0.2) is 38.9 Å². The Balaban J connectivity index is 1.60. The molecule has 0 unspecified atom stereocenters. The highest BCUT2D eigenvalue weighted by Crippen LogP contribution is 2.27. The quantitative estimate of drug-likeness (QED) is 0.655. The molecule has 0 radical (unpaired) electrons. The average molecular weight is 420 g/mol. The lowest BCUT2D eigenvalue weighted by molar-refractivity contribution is -0.116. The zero-order valence-electron chi connectivity index (χ0n) is 17.3. The lowest BCUT2D eigenvalue weighted by atomic mass is 9.92. The van der Waals surface area contributed by atoms with E-state index in [1.165, 1.54) is 16.8 Å². The van der Waals surface area contributed by atoms with Gasteiger partial charge in [-0.25, -0.2) is 9.07 Å². The smallest absolute Gasteiger partial charge is 0.262 e. The van der Waals surface area contributed by atoms with Gasteiger partial charge in [-0.15, -0.1) is 0 Å². The van der Waals surface area contributed by atoms with Gasteiger partial charge in [0.25, 0.3) is 11.8 Å². The predicted octanol–water partition coefficient (Wildman–Crippen LogP) is 3.54. The molecule has 8 heteroatoms. The number of imide groups is 1. The van der Waals surface area contributed by atoms with Crippen LogP contribution in [0.5, 0.6) is 0 Å². The maximum Gasteiger partial charge on any atom is 0.262 e. The molecule has 0 spiro atoms. The third kappa shape index (κ3) is 3.84. The van der Waals surface area contributed by atoms with Crippen molar-refractivity contribution in [3.05, 3.63) is 77.2 Å². The molecule has 0 aliphatic carbocycles. The molecule has 0 atom stereocenters. The van der Waals surface area contributed by atoms with Crippen molar-refractivity contribution in [3.63, 3.8) is 0 Å². The maximum absolute atomic E-state index is 13.4. The van der Waals surface area contributed by atoms with E-state index in [1.54, 1.807) is 42.5 Å². The summed E-state index contributed by atoms with van der Waals surface area (Å²) < 4.78 is 14.9. The molecule has 2 aromatic carbocycles. The highest BCUT2D eigenvalue weighted by Gasteiger charge is 2.36. The van der Waals surface area contributed by atoms with Crippen molar-refractivity contribution in [2.75, 3.05) is 11.9 Å². The number of benzene rings is 2. The summed E-state index contributed by atoms with van der Waals surface area (Å²) in [5, 5.41) is 7.29. The van der Waals surface area contributed by atoms with Crippen LogP contribution in [0.4, 0.5) is 10.2 Å². The van der Waals surface area contributed by atoms with Gasteiger partial charge >= 0.3 is 0 Å². The minimum atomic E-state index is -0.543. The van der Waals surface area contributed by atoms with E-state index in [9.17, 15) is 18.8 Å². The fourth-order valence-corrected chi connectivity index (χ4v) is 3.32. The van der Waals surface area contributed by atoms with Crippen LogP contribution in [0, 0.1) is 5.82 Å². The van der Waals surface area contributed by atoms with Crippen molar-refractivity contribution < 1.29 is 18.8 Å². The summed E-state index contributed by atoms with van der Waals surface area (Å²) in [6, 6.07) is 13.9. The summed E-state index contributed by atoms with van der Waals surface area (Å²) in [7, 11) is 0. The second-order valence-corrected chi connectivity index (χ2v) is 8.34. The molecule has 1 N–H and O–H groups in total. The van der Waals surface area contributed by atoms with Crippen molar-refractivity contribution in [1.82, 2.24) is 14.7 Å². The number of carbonyl (C=O) groups excluding carboxylic acids is 3. The van der Waals surface area contributed by atoms with Crippen LogP contribution in [0.15, 0.2) is 54.6 Å². The van der Waals surface area contributed by atoms with Crippen molar-refractivity contribution in [1.29, 1.82) is 0 Å². The molecule has 7 nitrogen and oxygen atoms in total. The van der Waals surface area contributed by atoms with E-state index in [0.29, 0.717) is 17.2 Å². The van der Waals surface area contributed by atoms with Gasteiger partial charge in [0.05, 0.1) is 22.5 Å². The van der Waals surface area contributed by atoms with Gasteiger partial charge in [0, 0.05) is 11.5 Å². The number of hydrogen-bond acceptors (Lipinski definition) is 4. The van der Waals surface area contributed by atoms with Crippen LogP contribution >= 0.6 is 0 Å². The molecule has 4 rings (SSSR count). The number of carbonyl (C=O) groups is 3. The van der Waals surface area contributed by atoms with Crippen LogP contribution in [0.25, 0.3) is 5.69 Å². The molecule has 0 fully saturated rings. The first kappa shape index (κ1) is 20.5. The standard InChI is InChI=1S/C23H21FN4O3/c1-23(2,3)18-12-19(28(26-18)15-10-8-14(24)9-11-15)25-20(29)13-27-21(30)16-6-4-5-7-17(16)22(27)31/h4-12H,13H2,1-3H3,(H,25,29). The van der Waals surface area contributed by atoms with E-state index in [2.05, 4.69) is 10.4 Å². The molecule has 0 saturated heterocycles. The molecule has 31 heavy (non-hydrogen) atoms. The van der Waals surface area contributed by atoms with Crippen LogP contribution < -0.4 is 5.32 Å². The number of aromatic nitrogens is 2. The lowest BCUT2D eigenvalue weighted by Crippen LogP contribution is -2.37. The van der Waals surface area contributed by atoms with Gasteiger partial charge < -0.3 is 5.32 Å². The summed E-state index contributed by atoms with van der Waals surface area (Å²) in [6.45, 7) is 5.52. The lowest BCUT2D eigenvalue weighted by Gasteiger charge is -2.14. The minimum Gasteiger partial charge on any atom is -0.309 e. The summed E-state index contributed by atoms with van der Waals surface area (Å²) in [4.78, 5) is 38.7. The van der Waals surface area contributed by atoms with E-state index in [-0.39, 0.29) is 22.4 Å². The fraction of sp³-hybridized carbons (Fsp3) is 0.217. The number of hydrogen-bond donors (Lipinski definition) is 1. The Bertz CT molecular complexity index is 1160. The van der Waals surface area contributed by atoms with E-state index in [4.69, 9.17) is 0 Å². The third-order valence-corrected chi connectivity index (χ3v) is 5.00. The third-order valence-electron chi connectivity index (χ3n) is 5.00. The Hall–Kier alpha value is -3.81. The summed E-state index contributed by atoms with van der Waals surface area (Å²) in [6.07, 6.45) is 0. The Labute approximate surface area is 178 Å². The summed E-state index contributed by atoms with van der Waals surface area (Å²) >= 11 is 0. The maximum atomic E-state index is 13.4. The number of fused-ring (bicyclic) bond motifs is 1. The average Bonchev–Trinajstić information content (AvgIpc) is 3.24. The van der Waals surface area contributed by atoms with E-state index >= 15 is 0 Å². The van der Waals surface area contributed by atoms with Crippen molar-refractivity contribution >= 4 is 23.5 Å². The van der Waals surface area contributed by atoms with Crippen LogP contribution in [-0.2, 0) is 10.2 Å². The molecule has 2 heterocycles. The molecule has 1 aromatic heterocycles. The first-order valence-electron chi connectivity index (χ1n) is 9.77. The molecular formula is C23H21FN4O3. The fourth-order valence-electron chi connectivity index (χ4n) is 3.32. The van der Waals surface area contributed by atoms with Crippen molar-refractivity contribution in [2.45, 2.75) is 26.2 Å². The predicted molar refractivity (Wildman–Crippen MR) is 113 cm³/mol. The van der Waals surface area contributed by atoms with Gasteiger partial charge in [-0.2, -0.15) is 5.10 Å². The molecule has 3 aromatic rings. The monoisotopic (exact) mass is 420 g/mol. The number of nitrogens with zero attached hydrogens (tertiary/aromatic N) is 3. The molecular weight excluding hydrogens is 399 g/mol. The highest BCUT2D eigenvalue weighted by atomic mass is 19.1. The molecule has 1 aliphatic heterocycles. The van der Waals surface area contributed by atoms with Gasteiger partial charge in [0.1, 0.15) is 18.2 Å². The molecule has 0 saturated carbocycles. The van der Waals surface area contributed by atoms with E-state index in [0.717, 1.165) is 4.90 Å². The summed E-state index contributed by atoms with van der Waals surface area (Å²) in [5.41, 5.74) is 1.55. The van der Waals surface area contributed by atoms with E-state index < -0.39 is 24.3 Å². The van der Waals surface area contributed by atoms with Crippen LogP contribution in [0.3, 0.4) is 0 Å². The first-order chi connectivity index (χ1) is 14.6. The van der Waals surface area contributed by atoms with Gasteiger partial charge in [-0.3, -0.25) is 19.3 Å². The Morgan fingerprint density at radius 1 is 1.00 bits per heavy atom. The Morgan fingerprint density at radius 2 is 1.58 bits per heavy atom. The molecule has 158 valence electrons. The first-order valence-corrected chi connectivity index (χ1v) is 9.77. The topological polar surface area (TPSA) is 84.3 Å². The van der Waals surface area contributed by atoms with Crippen LogP contribution in [0.2, 0.25) is 0 Å². The van der Waals surface area contributed by atoms with Gasteiger partial charge in [0.2, 0.25) is 5.91 Å². The molecule has 1 aliphatic rings. The highest BCUT2D eigenvalue weighted by molar-refractivity contribution is 6.22. The second-order valence-electron chi connectivity index (χ2n) is 8.34. The van der Waals surface area contributed by atoms with Crippen molar-refractivity contribution in [2.24, 2.45) is 0 Å². The number of anilines is 1. The van der Waals surface area contributed by atoms with Gasteiger partial charge in [-0.05, 0) is 36.4 Å². The molecule has 0 bridgehead atoms. The van der Waals surface area contributed by atoms with Crippen molar-refractivity contribution in [3.8, 4) is 5.69 Å². The number of rotatable bonds is 4. The largest absolute Gasteiger partial charge is 0.309 e. The number of amides is 3. The molecule has 3 amide bonds. The zero-order chi connectivity index (χ0) is 22.3. The SMILES string of the molecule is CC(C)(C)c1cc(NC(=O)CN2C(=O)c3ccccc3C2=O)n(-c2ccc(F)cc2)n1. The number of halogens is 1. The van der Waals surface area contributed by atoms with E-state index in [1.807, 2.05) is 20.8 Å². The van der Waals surface area contributed by atoms with Gasteiger partial charge in [-0.1, -0.05) is 32.9 Å². The van der Waals surface area contributed by atoms with Gasteiger partial charge in [0.15, 0.2) is 0 Å². The zero-order valence-corrected chi connectivity index (χ0v) is 17.3. The second kappa shape index (κ2) is 7.46. The number of nitrogens with one attached hydrogen (secondary N) is 1.